The molecule has 0 atom stereocenters. The lowest BCUT2D eigenvalue weighted by Crippen LogP contribution is -2.01. The van der Waals surface area contributed by atoms with Crippen LogP contribution in [0.15, 0.2) is 212 Å². The Morgan fingerprint density at radius 1 is 0.185 bits per heavy atom. The molecule has 9 rings (SSSR count). The van der Waals surface area contributed by atoms with Gasteiger partial charge in [-0.3, -0.25) is 0 Å². The van der Waals surface area contributed by atoms with Crippen LogP contribution in [0.2, 0.25) is 0 Å². The van der Waals surface area contributed by atoms with Crippen LogP contribution in [0.1, 0.15) is 0 Å². The van der Waals surface area contributed by atoms with Gasteiger partial charge in [0.2, 0.25) is 0 Å². The van der Waals surface area contributed by atoms with Gasteiger partial charge in [-0.1, -0.05) is 206 Å². The fourth-order valence-electron chi connectivity index (χ4n) is 7.12. The molecular formula is C51H35N3. The van der Waals surface area contributed by atoms with E-state index >= 15 is 0 Å². The Labute approximate surface area is 316 Å². The van der Waals surface area contributed by atoms with E-state index in [-0.39, 0.29) is 0 Å². The van der Waals surface area contributed by atoms with Gasteiger partial charge < -0.3 is 0 Å². The molecule has 0 fully saturated rings. The van der Waals surface area contributed by atoms with E-state index in [9.17, 15) is 0 Å². The van der Waals surface area contributed by atoms with E-state index in [0.29, 0.717) is 17.5 Å². The van der Waals surface area contributed by atoms with Gasteiger partial charge in [-0.25, -0.2) is 15.0 Å². The van der Waals surface area contributed by atoms with Gasteiger partial charge in [0.25, 0.3) is 0 Å². The third-order valence-electron chi connectivity index (χ3n) is 9.80. The molecule has 0 spiro atoms. The zero-order chi connectivity index (χ0) is 36.1. The van der Waals surface area contributed by atoms with E-state index in [1.165, 1.54) is 22.3 Å². The van der Waals surface area contributed by atoms with Crippen LogP contribution in [0, 0.1) is 0 Å². The van der Waals surface area contributed by atoms with E-state index in [1.807, 2.05) is 12.1 Å². The van der Waals surface area contributed by atoms with Crippen molar-refractivity contribution in [2.24, 2.45) is 0 Å². The highest BCUT2D eigenvalue weighted by Gasteiger charge is 2.19. The average molecular weight is 690 g/mol. The molecular weight excluding hydrogens is 655 g/mol. The Hall–Kier alpha value is -7.23. The largest absolute Gasteiger partial charge is 0.208 e. The molecule has 0 aliphatic rings. The van der Waals surface area contributed by atoms with Crippen LogP contribution in [0.3, 0.4) is 0 Å². The second-order valence-corrected chi connectivity index (χ2v) is 13.2. The molecule has 0 radical (unpaired) electrons. The lowest BCUT2D eigenvalue weighted by atomic mass is 9.88. The number of hydrogen-bond acceptors (Lipinski definition) is 3. The van der Waals surface area contributed by atoms with Crippen LogP contribution in [0.25, 0.3) is 89.8 Å². The van der Waals surface area contributed by atoms with Crippen molar-refractivity contribution in [3.05, 3.63) is 212 Å². The minimum atomic E-state index is 0.619. The lowest BCUT2D eigenvalue weighted by Gasteiger charge is -2.17. The first kappa shape index (κ1) is 32.7. The summed E-state index contributed by atoms with van der Waals surface area (Å²) in [6.07, 6.45) is 0. The standard InChI is InChI=1S/C51H35N3/c1-4-17-36(18-5-1)38-31-33-40(34-32-38)49-52-50(42-24-16-23-41(35-42)37-19-6-2-7-20-37)54-51(53-49)48-30-15-14-29-47(48)46-28-13-12-27-45(46)44-26-11-10-25-43(44)39-21-8-3-9-22-39/h1-35H. The number of benzene rings is 8. The molecule has 0 N–H and O–H groups in total. The third kappa shape index (κ3) is 6.63. The zero-order valence-corrected chi connectivity index (χ0v) is 29.5. The molecule has 0 aliphatic carbocycles. The number of rotatable bonds is 8. The van der Waals surface area contributed by atoms with Crippen LogP contribution >= 0.6 is 0 Å². The van der Waals surface area contributed by atoms with E-state index < -0.39 is 0 Å². The van der Waals surface area contributed by atoms with E-state index in [4.69, 9.17) is 15.0 Å². The number of hydrogen-bond donors (Lipinski definition) is 0. The van der Waals surface area contributed by atoms with E-state index in [2.05, 4.69) is 200 Å². The summed E-state index contributed by atoms with van der Waals surface area (Å²) in [7, 11) is 0. The monoisotopic (exact) mass is 689 g/mol. The quantitative estimate of drug-likeness (QED) is 0.159. The SMILES string of the molecule is c1ccc(-c2ccc(-c3nc(-c4cccc(-c5ccccc5)c4)nc(-c4ccccc4-c4ccccc4-c4ccccc4-c4ccccc4)n3)cc2)cc1. The fraction of sp³-hybridized carbons (Fsp3) is 0. The van der Waals surface area contributed by atoms with Gasteiger partial charge in [0.1, 0.15) is 0 Å². The van der Waals surface area contributed by atoms with Gasteiger partial charge in [0.15, 0.2) is 17.5 Å². The summed E-state index contributed by atoms with van der Waals surface area (Å²) in [5, 5.41) is 0. The van der Waals surface area contributed by atoms with Gasteiger partial charge in [0.05, 0.1) is 0 Å². The Balaban J connectivity index is 1.21. The molecule has 1 heterocycles. The Morgan fingerprint density at radius 2 is 0.519 bits per heavy atom. The maximum Gasteiger partial charge on any atom is 0.164 e. The lowest BCUT2D eigenvalue weighted by molar-refractivity contribution is 1.07. The zero-order valence-electron chi connectivity index (χ0n) is 29.5. The first-order valence-electron chi connectivity index (χ1n) is 18.2. The normalized spacial score (nSPS) is 11.0. The van der Waals surface area contributed by atoms with Gasteiger partial charge in [0, 0.05) is 16.7 Å². The van der Waals surface area contributed by atoms with Crippen molar-refractivity contribution in [2.45, 2.75) is 0 Å². The average Bonchev–Trinajstić information content (AvgIpc) is 3.27. The summed E-state index contributed by atoms with van der Waals surface area (Å²) >= 11 is 0. The third-order valence-corrected chi connectivity index (χ3v) is 9.80. The van der Waals surface area contributed by atoms with Crippen molar-refractivity contribution in [2.75, 3.05) is 0 Å². The summed E-state index contributed by atoms with van der Waals surface area (Å²) < 4.78 is 0. The maximum atomic E-state index is 5.23. The minimum Gasteiger partial charge on any atom is -0.208 e. The topological polar surface area (TPSA) is 38.7 Å². The van der Waals surface area contributed by atoms with Crippen molar-refractivity contribution >= 4 is 0 Å². The molecule has 9 aromatic rings. The van der Waals surface area contributed by atoms with E-state index in [1.54, 1.807) is 0 Å². The molecule has 0 bridgehead atoms. The van der Waals surface area contributed by atoms with Gasteiger partial charge in [-0.15, -0.1) is 0 Å². The second-order valence-electron chi connectivity index (χ2n) is 13.2. The summed E-state index contributed by atoms with van der Waals surface area (Å²) in [4.78, 5) is 15.6. The van der Waals surface area contributed by atoms with Crippen molar-refractivity contribution in [1.82, 2.24) is 15.0 Å². The smallest absolute Gasteiger partial charge is 0.164 e. The predicted octanol–water partition coefficient (Wildman–Crippen LogP) is 13.2. The fourth-order valence-corrected chi connectivity index (χ4v) is 7.12. The molecule has 8 aromatic carbocycles. The van der Waals surface area contributed by atoms with Crippen LogP contribution in [-0.2, 0) is 0 Å². The Bertz CT molecular complexity index is 2690. The summed E-state index contributed by atoms with van der Waals surface area (Å²) in [6, 6.07) is 74.0. The minimum absolute atomic E-state index is 0.619. The van der Waals surface area contributed by atoms with Crippen molar-refractivity contribution < 1.29 is 0 Å². The highest BCUT2D eigenvalue weighted by Crippen LogP contribution is 2.41. The van der Waals surface area contributed by atoms with Crippen molar-refractivity contribution in [3.63, 3.8) is 0 Å². The van der Waals surface area contributed by atoms with Crippen molar-refractivity contribution in [3.8, 4) is 89.8 Å². The van der Waals surface area contributed by atoms with Gasteiger partial charge in [-0.2, -0.15) is 0 Å². The molecule has 0 saturated carbocycles. The first-order chi connectivity index (χ1) is 26.8. The molecule has 0 unspecified atom stereocenters. The van der Waals surface area contributed by atoms with Crippen LogP contribution in [0.4, 0.5) is 0 Å². The van der Waals surface area contributed by atoms with Gasteiger partial charge in [-0.05, 0) is 61.7 Å². The molecule has 1 aromatic heterocycles. The summed E-state index contributed by atoms with van der Waals surface area (Å²) in [5.41, 5.74) is 14.2. The molecule has 0 aliphatic heterocycles. The molecule has 0 amide bonds. The summed E-state index contributed by atoms with van der Waals surface area (Å²) in [5.74, 6) is 1.86. The van der Waals surface area contributed by atoms with Gasteiger partial charge >= 0.3 is 0 Å². The number of nitrogens with zero attached hydrogens (tertiary/aromatic N) is 3. The van der Waals surface area contributed by atoms with E-state index in [0.717, 1.165) is 50.1 Å². The predicted molar refractivity (Wildman–Crippen MR) is 223 cm³/mol. The molecule has 0 saturated heterocycles. The molecule has 54 heavy (non-hydrogen) atoms. The highest BCUT2D eigenvalue weighted by molar-refractivity contribution is 5.95. The molecule has 3 nitrogen and oxygen atoms in total. The summed E-state index contributed by atoms with van der Waals surface area (Å²) in [6.45, 7) is 0. The van der Waals surface area contributed by atoms with Crippen LogP contribution in [0.5, 0.6) is 0 Å². The molecule has 3 heteroatoms. The van der Waals surface area contributed by atoms with Crippen molar-refractivity contribution in [1.29, 1.82) is 0 Å². The van der Waals surface area contributed by atoms with Crippen LogP contribution < -0.4 is 0 Å². The second kappa shape index (κ2) is 14.8. The maximum absolute atomic E-state index is 5.23. The van der Waals surface area contributed by atoms with Crippen LogP contribution in [-0.4, -0.2) is 15.0 Å². The number of aromatic nitrogens is 3. The highest BCUT2D eigenvalue weighted by atomic mass is 15.0. The Kier molecular flexibility index (Phi) is 8.94. The first-order valence-corrected chi connectivity index (χ1v) is 18.2. The Morgan fingerprint density at radius 3 is 1.09 bits per heavy atom. The molecule has 254 valence electrons.